The molecule has 1 unspecified atom stereocenters. The van der Waals surface area contributed by atoms with E-state index < -0.39 is 6.10 Å². The first-order chi connectivity index (χ1) is 36.6. The summed E-state index contributed by atoms with van der Waals surface area (Å²) in [5.74, 6) is -0.590. The van der Waals surface area contributed by atoms with Gasteiger partial charge in [-0.1, -0.05) is 309 Å². The molecule has 424 valence electrons. The fourth-order valence-electron chi connectivity index (χ4n) is 8.90. The highest BCUT2D eigenvalue weighted by atomic mass is 16.6. The normalized spacial score (nSPS) is 13.0. The van der Waals surface area contributed by atoms with Crippen LogP contribution in [0.2, 0.25) is 0 Å². The quantitative estimate of drug-likeness (QED) is 0.0373. The molecular weight excluding hydrogens is 909 g/mol. The Hall–Kier alpha value is -3.44. The van der Waals surface area contributed by atoms with Gasteiger partial charge in [0.05, 0.1) is 6.61 Å². The molecule has 0 saturated carbocycles. The van der Waals surface area contributed by atoms with Gasteiger partial charge in [-0.15, -0.1) is 0 Å². The third-order valence-electron chi connectivity index (χ3n) is 13.6. The SMILES string of the molecule is CC/C=C\C/C=C\C/C=C\C/C=C\C/C=C\C/C=C\C/C=C\C/C=C\C/C=C\CCCCCCCCCCCC(=O)OC(CO)COC(=O)CCCCCCCCCCCCCCCCCCCCCCCCC. The second-order valence-corrected chi connectivity index (χ2v) is 20.8. The second-order valence-electron chi connectivity index (χ2n) is 20.8. The Labute approximate surface area is 459 Å². The number of aliphatic hydroxyl groups is 1. The van der Waals surface area contributed by atoms with E-state index in [9.17, 15) is 14.7 Å². The highest BCUT2D eigenvalue weighted by Crippen LogP contribution is 2.17. The van der Waals surface area contributed by atoms with Crippen molar-refractivity contribution in [3.8, 4) is 0 Å². The van der Waals surface area contributed by atoms with Crippen LogP contribution in [0.5, 0.6) is 0 Å². The molecule has 0 aliphatic rings. The topological polar surface area (TPSA) is 72.8 Å². The van der Waals surface area contributed by atoms with E-state index in [1.54, 1.807) is 0 Å². The first-order valence-electron chi connectivity index (χ1n) is 31.4. The van der Waals surface area contributed by atoms with Crippen molar-refractivity contribution in [3.05, 3.63) is 109 Å². The van der Waals surface area contributed by atoms with Crippen LogP contribution in [-0.2, 0) is 19.1 Å². The molecule has 74 heavy (non-hydrogen) atoms. The van der Waals surface area contributed by atoms with Gasteiger partial charge < -0.3 is 14.6 Å². The first-order valence-corrected chi connectivity index (χ1v) is 31.4. The summed E-state index contributed by atoms with van der Waals surface area (Å²) in [6, 6.07) is 0. The largest absolute Gasteiger partial charge is 0.462 e. The van der Waals surface area contributed by atoms with Crippen molar-refractivity contribution in [2.75, 3.05) is 13.2 Å². The van der Waals surface area contributed by atoms with Gasteiger partial charge in [0.2, 0.25) is 0 Å². The zero-order valence-electron chi connectivity index (χ0n) is 48.6. The molecule has 0 radical (unpaired) electrons. The van der Waals surface area contributed by atoms with E-state index in [-0.39, 0.29) is 25.2 Å². The van der Waals surface area contributed by atoms with Gasteiger partial charge in [-0.2, -0.15) is 0 Å². The van der Waals surface area contributed by atoms with Gasteiger partial charge in [-0.05, 0) is 83.5 Å². The first kappa shape index (κ1) is 70.6. The summed E-state index contributed by atoms with van der Waals surface area (Å²) < 4.78 is 10.7. The fraction of sp³-hybridized carbons (Fsp3) is 0.710. The van der Waals surface area contributed by atoms with Crippen molar-refractivity contribution >= 4 is 11.9 Å². The summed E-state index contributed by atoms with van der Waals surface area (Å²) in [6.45, 7) is 4.05. The summed E-state index contributed by atoms with van der Waals surface area (Å²) in [5, 5.41) is 9.68. The zero-order chi connectivity index (χ0) is 53.4. The van der Waals surface area contributed by atoms with Crippen molar-refractivity contribution in [1.29, 1.82) is 0 Å². The van der Waals surface area contributed by atoms with Crippen molar-refractivity contribution in [2.24, 2.45) is 0 Å². The number of allylic oxidation sites excluding steroid dienone is 18. The number of hydrogen-bond donors (Lipinski definition) is 1. The molecule has 0 aliphatic heterocycles. The summed E-state index contributed by atoms with van der Waals surface area (Å²) in [4.78, 5) is 24.6. The molecule has 0 fully saturated rings. The Morgan fingerprint density at radius 1 is 0.324 bits per heavy atom. The highest BCUT2D eigenvalue weighted by Gasteiger charge is 2.16. The average molecular weight is 1030 g/mol. The van der Waals surface area contributed by atoms with Gasteiger partial charge in [0.15, 0.2) is 6.10 Å². The van der Waals surface area contributed by atoms with E-state index in [0.717, 1.165) is 103 Å². The molecule has 0 aliphatic carbocycles. The summed E-state index contributed by atoms with van der Waals surface area (Å²) >= 11 is 0. The maximum Gasteiger partial charge on any atom is 0.306 e. The number of aliphatic hydroxyl groups excluding tert-OH is 1. The number of rotatable bonds is 57. The Kier molecular flexibility index (Phi) is 60.9. The van der Waals surface area contributed by atoms with Crippen LogP contribution in [0.4, 0.5) is 0 Å². The third-order valence-corrected chi connectivity index (χ3v) is 13.6. The zero-order valence-corrected chi connectivity index (χ0v) is 48.6. The molecule has 5 heteroatoms. The van der Waals surface area contributed by atoms with Crippen LogP contribution in [0, 0.1) is 0 Å². The predicted molar refractivity (Wildman–Crippen MR) is 325 cm³/mol. The molecule has 0 saturated heterocycles. The maximum atomic E-state index is 12.3. The molecule has 0 rings (SSSR count). The van der Waals surface area contributed by atoms with Gasteiger partial charge >= 0.3 is 11.9 Å². The number of unbranched alkanes of at least 4 members (excludes halogenated alkanes) is 31. The predicted octanol–water partition coefficient (Wildman–Crippen LogP) is 21.6. The van der Waals surface area contributed by atoms with E-state index in [1.807, 2.05) is 0 Å². The van der Waals surface area contributed by atoms with Crippen molar-refractivity contribution in [3.63, 3.8) is 0 Å². The standard InChI is InChI=1S/C69H118O5/c1-3-5-7-9-11-13-15-17-19-21-23-25-27-28-29-30-31-32-33-34-35-36-37-38-39-40-42-44-46-48-50-52-54-56-58-60-62-64-69(72)74-67(65-70)66-73-68(71)63-61-59-57-55-53-51-49-47-45-43-41-26-24-22-20-18-16-14-12-10-8-6-4-2/h5,7,11,13,17,19,23,25,28-29,31-32,34-35,37-38,40,42,67,70H,3-4,6,8-10,12,14-16,18,20-22,24,26-27,30,33,36,39,41,43-66H2,1-2H3/b7-5-,13-11-,19-17-,25-23-,29-28-,32-31-,35-34-,38-37-,42-40-. The van der Waals surface area contributed by atoms with Crippen molar-refractivity contribution in [1.82, 2.24) is 0 Å². The summed E-state index contributed by atoms with van der Waals surface area (Å²) in [6.07, 6.45) is 92.2. The van der Waals surface area contributed by atoms with Gasteiger partial charge in [-0.25, -0.2) is 0 Å². The molecule has 1 N–H and O–H groups in total. The molecule has 5 nitrogen and oxygen atoms in total. The molecule has 0 aromatic heterocycles. The van der Waals surface area contributed by atoms with Crippen LogP contribution in [0.1, 0.15) is 296 Å². The van der Waals surface area contributed by atoms with Crippen LogP contribution >= 0.6 is 0 Å². The van der Waals surface area contributed by atoms with Gasteiger partial charge in [0, 0.05) is 12.8 Å². The molecule has 0 bridgehead atoms. The van der Waals surface area contributed by atoms with Gasteiger partial charge in [0.1, 0.15) is 6.61 Å². The smallest absolute Gasteiger partial charge is 0.306 e. The lowest BCUT2D eigenvalue weighted by Gasteiger charge is -2.15. The van der Waals surface area contributed by atoms with Crippen LogP contribution in [-0.4, -0.2) is 36.4 Å². The van der Waals surface area contributed by atoms with Gasteiger partial charge in [-0.3, -0.25) is 9.59 Å². The molecule has 0 amide bonds. The monoisotopic (exact) mass is 1030 g/mol. The number of hydrogen-bond acceptors (Lipinski definition) is 5. The highest BCUT2D eigenvalue weighted by molar-refractivity contribution is 5.70. The van der Waals surface area contributed by atoms with Crippen molar-refractivity contribution in [2.45, 2.75) is 302 Å². The van der Waals surface area contributed by atoms with E-state index in [1.165, 1.54) is 167 Å². The lowest BCUT2D eigenvalue weighted by atomic mass is 10.0. The second kappa shape index (κ2) is 63.8. The molecule has 0 spiro atoms. The Morgan fingerprint density at radius 2 is 0.581 bits per heavy atom. The average Bonchev–Trinajstić information content (AvgIpc) is 3.40. The van der Waals surface area contributed by atoms with Crippen LogP contribution < -0.4 is 0 Å². The van der Waals surface area contributed by atoms with E-state index in [4.69, 9.17) is 9.47 Å². The van der Waals surface area contributed by atoms with Gasteiger partial charge in [0.25, 0.3) is 0 Å². The lowest BCUT2D eigenvalue weighted by Crippen LogP contribution is -2.28. The third kappa shape index (κ3) is 61.1. The minimum Gasteiger partial charge on any atom is -0.462 e. The molecule has 0 aromatic rings. The Morgan fingerprint density at radius 3 is 0.878 bits per heavy atom. The Bertz CT molecular complexity index is 1440. The van der Waals surface area contributed by atoms with E-state index >= 15 is 0 Å². The van der Waals surface area contributed by atoms with Crippen LogP contribution in [0.15, 0.2) is 109 Å². The number of carbonyl (C=O) groups excluding carboxylic acids is 2. The number of carbonyl (C=O) groups is 2. The number of ether oxygens (including phenoxy) is 2. The Balaban J connectivity index is 3.54. The molecule has 0 aromatic carbocycles. The van der Waals surface area contributed by atoms with Crippen LogP contribution in [0.25, 0.3) is 0 Å². The molecule has 0 heterocycles. The molecular formula is C69H118O5. The number of esters is 2. The lowest BCUT2D eigenvalue weighted by molar-refractivity contribution is -0.161. The summed E-state index contributed by atoms with van der Waals surface area (Å²) in [5.41, 5.74) is 0. The van der Waals surface area contributed by atoms with Crippen molar-refractivity contribution < 1.29 is 24.2 Å². The summed E-state index contributed by atoms with van der Waals surface area (Å²) in [7, 11) is 0. The fourth-order valence-corrected chi connectivity index (χ4v) is 8.90. The van der Waals surface area contributed by atoms with Crippen LogP contribution in [0.3, 0.4) is 0 Å². The van der Waals surface area contributed by atoms with E-state index in [2.05, 4.69) is 123 Å². The molecule has 1 atom stereocenters. The maximum absolute atomic E-state index is 12.3. The minimum absolute atomic E-state index is 0.0696. The van der Waals surface area contributed by atoms with E-state index in [0.29, 0.717) is 12.8 Å². The minimum atomic E-state index is -0.781.